The molecule has 0 unspecified atom stereocenters. The molecule has 116 valence electrons. The Kier molecular flexibility index (Phi) is 4.83. The lowest BCUT2D eigenvalue weighted by molar-refractivity contribution is -0.123. The summed E-state index contributed by atoms with van der Waals surface area (Å²) < 4.78 is 10.4. The fraction of sp³-hybridized carbons (Fsp3) is 0.250. The van der Waals surface area contributed by atoms with Gasteiger partial charge >= 0.3 is 0 Å². The summed E-state index contributed by atoms with van der Waals surface area (Å²) in [5.41, 5.74) is 7.04. The van der Waals surface area contributed by atoms with Gasteiger partial charge < -0.3 is 9.15 Å². The highest BCUT2D eigenvalue weighted by molar-refractivity contribution is 5.96. The van der Waals surface area contributed by atoms with Crippen molar-refractivity contribution in [3.63, 3.8) is 0 Å². The van der Waals surface area contributed by atoms with Crippen LogP contribution in [0.5, 0.6) is 5.75 Å². The minimum atomic E-state index is -0.450. The first kappa shape index (κ1) is 15.6. The number of aryl methyl sites for hydroxylation is 3. The zero-order valence-corrected chi connectivity index (χ0v) is 12.7. The zero-order valence-electron chi connectivity index (χ0n) is 12.7. The SMILES string of the molecule is Cc1ccc(OCC(=O)NNC(=O)c2ccoc2C)c(C)c1. The summed E-state index contributed by atoms with van der Waals surface area (Å²) in [6, 6.07) is 7.22. The monoisotopic (exact) mass is 302 g/mol. The van der Waals surface area contributed by atoms with Crippen LogP contribution < -0.4 is 15.6 Å². The average Bonchev–Trinajstić information content (AvgIpc) is 2.90. The van der Waals surface area contributed by atoms with E-state index in [1.54, 1.807) is 6.92 Å². The number of furan rings is 1. The lowest BCUT2D eigenvalue weighted by atomic mass is 10.1. The van der Waals surface area contributed by atoms with Crippen molar-refractivity contribution >= 4 is 11.8 Å². The van der Waals surface area contributed by atoms with E-state index < -0.39 is 11.8 Å². The quantitative estimate of drug-likeness (QED) is 0.847. The normalized spacial score (nSPS) is 10.1. The fourth-order valence-electron chi connectivity index (χ4n) is 1.95. The number of amides is 2. The van der Waals surface area contributed by atoms with Gasteiger partial charge in [0.25, 0.3) is 11.8 Å². The Labute approximate surface area is 128 Å². The van der Waals surface area contributed by atoms with E-state index in [4.69, 9.17) is 9.15 Å². The third-order valence-corrected chi connectivity index (χ3v) is 3.11. The molecule has 0 aliphatic carbocycles. The van der Waals surface area contributed by atoms with Crippen molar-refractivity contribution in [2.75, 3.05) is 6.61 Å². The van der Waals surface area contributed by atoms with Crippen LogP contribution in [0.3, 0.4) is 0 Å². The first-order valence-corrected chi connectivity index (χ1v) is 6.80. The Hall–Kier alpha value is -2.76. The van der Waals surface area contributed by atoms with E-state index in [9.17, 15) is 9.59 Å². The molecular weight excluding hydrogens is 284 g/mol. The van der Waals surface area contributed by atoms with Gasteiger partial charge in [0.2, 0.25) is 0 Å². The fourth-order valence-corrected chi connectivity index (χ4v) is 1.95. The molecule has 22 heavy (non-hydrogen) atoms. The third kappa shape index (κ3) is 3.88. The van der Waals surface area contributed by atoms with Crippen LogP contribution in [0, 0.1) is 20.8 Å². The van der Waals surface area contributed by atoms with E-state index in [1.807, 2.05) is 32.0 Å². The van der Waals surface area contributed by atoms with Crippen LogP contribution in [0.25, 0.3) is 0 Å². The minimum absolute atomic E-state index is 0.186. The average molecular weight is 302 g/mol. The molecular formula is C16H18N2O4. The maximum Gasteiger partial charge on any atom is 0.276 e. The molecule has 0 atom stereocenters. The molecule has 1 aromatic carbocycles. The van der Waals surface area contributed by atoms with Gasteiger partial charge in [0.1, 0.15) is 11.5 Å². The number of carbonyl (C=O) groups excluding carboxylic acids is 2. The van der Waals surface area contributed by atoms with Gasteiger partial charge in [-0.15, -0.1) is 0 Å². The number of benzene rings is 1. The molecule has 2 N–H and O–H groups in total. The summed E-state index contributed by atoms with van der Waals surface area (Å²) in [5.74, 6) is 0.233. The molecule has 2 rings (SSSR count). The van der Waals surface area contributed by atoms with Gasteiger partial charge in [0.05, 0.1) is 11.8 Å². The zero-order chi connectivity index (χ0) is 16.1. The first-order valence-electron chi connectivity index (χ1n) is 6.80. The second-order valence-electron chi connectivity index (χ2n) is 4.95. The summed E-state index contributed by atoms with van der Waals surface area (Å²) in [6.45, 7) is 5.37. The Morgan fingerprint density at radius 1 is 1.14 bits per heavy atom. The number of hydrazine groups is 1. The van der Waals surface area contributed by atoms with Crippen molar-refractivity contribution in [2.45, 2.75) is 20.8 Å². The van der Waals surface area contributed by atoms with Crippen LogP contribution in [0.1, 0.15) is 27.2 Å². The van der Waals surface area contributed by atoms with Gasteiger partial charge in [0.15, 0.2) is 6.61 Å². The maximum atomic E-state index is 11.8. The van der Waals surface area contributed by atoms with Crippen LogP contribution in [-0.2, 0) is 4.79 Å². The topological polar surface area (TPSA) is 80.6 Å². The van der Waals surface area contributed by atoms with Crippen molar-refractivity contribution in [1.29, 1.82) is 0 Å². The van der Waals surface area contributed by atoms with Crippen LogP contribution in [0.2, 0.25) is 0 Å². The summed E-state index contributed by atoms with van der Waals surface area (Å²) >= 11 is 0. The second kappa shape index (κ2) is 6.80. The lowest BCUT2D eigenvalue weighted by Gasteiger charge is -2.10. The Morgan fingerprint density at radius 2 is 1.91 bits per heavy atom. The van der Waals surface area contributed by atoms with Gasteiger partial charge in [-0.3, -0.25) is 20.4 Å². The van der Waals surface area contributed by atoms with E-state index in [2.05, 4.69) is 10.9 Å². The van der Waals surface area contributed by atoms with Gasteiger partial charge in [-0.2, -0.15) is 0 Å². The van der Waals surface area contributed by atoms with E-state index in [0.29, 0.717) is 17.1 Å². The molecule has 6 heteroatoms. The van der Waals surface area contributed by atoms with Crippen molar-refractivity contribution in [1.82, 2.24) is 10.9 Å². The van der Waals surface area contributed by atoms with Crippen LogP contribution in [-0.4, -0.2) is 18.4 Å². The molecule has 0 aliphatic rings. The summed E-state index contributed by atoms with van der Waals surface area (Å²) in [4.78, 5) is 23.4. The largest absolute Gasteiger partial charge is 0.483 e. The van der Waals surface area contributed by atoms with Crippen LogP contribution in [0.4, 0.5) is 0 Å². The van der Waals surface area contributed by atoms with Crippen molar-refractivity contribution in [3.05, 3.63) is 53.0 Å². The van der Waals surface area contributed by atoms with Gasteiger partial charge in [0, 0.05) is 0 Å². The molecule has 0 saturated carbocycles. The van der Waals surface area contributed by atoms with Gasteiger partial charge in [-0.25, -0.2) is 0 Å². The second-order valence-corrected chi connectivity index (χ2v) is 4.95. The number of nitrogens with one attached hydrogen (secondary N) is 2. The first-order chi connectivity index (χ1) is 10.5. The van der Waals surface area contributed by atoms with E-state index in [1.165, 1.54) is 12.3 Å². The summed E-state index contributed by atoms with van der Waals surface area (Å²) in [6.07, 6.45) is 1.41. The minimum Gasteiger partial charge on any atom is -0.483 e. The van der Waals surface area contributed by atoms with Gasteiger partial charge in [-0.1, -0.05) is 17.7 Å². The molecule has 0 fully saturated rings. The molecule has 2 aromatic rings. The smallest absolute Gasteiger partial charge is 0.276 e. The van der Waals surface area contributed by atoms with E-state index in [0.717, 1.165) is 11.1 Å². The molecule has 6 nitrogen and oxygen atoms in total. The molecule has 0 spiro atoms. The highest BCUT2D eigenvalue weighted by atomic mass is 16.5. The molecule has 2 amide bonds. The number of carbonyl (C=O) groups is 2. The lowest BCUT2D eigenvalue weighted by Crippen LogP contribution is -2.43. The number of hydrogen-bond acceptors (Lipinski definition) is 4. The van der Waals surface area contributed by atoms with Crippen molar-refractivity contribution in [2.24, 2.45) is 0 Å². The molecule has 1 aromatic heterocycles. The molecule has 0 bridgehead atoms. The van der Waals surface area contributed by atoms with Crippen LogP contribution in [0.15, 0.2) is 34.9 Å². The Bertz CT molecular complexity index is 691. The maximum absolute atomic E-state index is 11.8. The molecule has 0 saturated heterocycles. The Balaban J connectivity index is 1.81. The highest BCUT2D eigenvalue weighted by Gasteiger charge is 2.12. The molecule has 1 heterocycles. The predicted octanol–water partition coefficient (Wildman–Crippen LogP) is 2.04. The Morgan fingerprint density at radius 3 is 2.55 bits per heavy atom. The predicted molar refractivity (Wildman–Crippen MR) is 80.5 cm³/mol. The van der Waals surface area contributed by atoms with Gasteiger partial charge in [-0.05, 0) is 38.5 Å². The van der Waals surface area contributed by atoms with Crippen molar-refractivity contribution in [3.8, 4) is 5.75 Å². The van der Waals surface area contributed by atoms with E-state index in [-0.39, 0.29) is 6.61 Å². The van der Waals surface area contributed by atoms with Crippen molar-refractivity contribution < 1.29 is 18.7 Å². The number of hydrogen-bond donors (Lipinski definition) is 2. The number of rotatable bonds is 4. The van der Waals surface area contributed by atoms with Crippen LogP contribution >= 0.6 is 0 Å². The molecule has 0 radical (unpaired) electrons. The number of ether oxygens (including phenoxy) is 1. The third-order valence-electron chi connectivity index (χ3n) is 3.11. The summed E-state index contributed by atoms with van der Waals surface area (Å²) in [7, 11) is 0. The molecule has 0 aliphatic heterocycles. The van der Waals surface area contributed by atoms with E-state index >= 15 is 0 Å². The standard InChI is InChI=1S/C16H18N2O4/c1-10-4-5-14(11(2)8-10)22-9-15(19)17-18-16(20)13-6-7-21-12(13)3/h4-8H,9H2,1-3H3,(H,17,19)(H,18,20). The highest BCUT2D eigenvalue weighted by Crippen LogP contribution is 2.18. The summed E-state index contributed by atoms with van der Waals surface area (Å²) in [5, 5.41) is 0.